The molecular formula is C37H44O14. The Morgan fingerprint density at radius 1 is 0.804 bits per heavy atom. The highest BCUT2D eigenvalue weighted by molar-refractivity contribution is 6.04. The van der Waals surface area contributed by atoms with Gasteiger partial charge < -0.3 is 33.5 Å². The Hall–Kier alpha value is -4.59. The summed E-state index contributed by atoms with van der Waals surface area (Å²) in [5, 5.41) is 13.2. The molecule has 2 bridgehead atoms. The van der Waals surface area contributed by atoms with E-state index in [0.717, 1.165) is 27.7 Å². The molecule has 0 aliphatic heterocycles. The van der Waals surface area contributed by atoms with E-state index in [2.05, 4.69) is 0 Å². The van der Waals surface area contributed by atoms with Gasteiger partial charge in [-0.25, -0.2) is 9.59 Å². The van der Waals surface area contributed by atoms with Crippen molar-refractivity contribution in [2.45, 2.75) is 110 Å². The fourth-order valence-corrected chi connectivity index (χ4v) is 9.06. The number of aliphatic hydroxyl groups is 1. The smallest absolute Gasteiger partial charge is 0.344 e. The van der Waals surface area contributed by atoms with Crippen molar-refractivity contribution in [3.8, 4) is 0 Å². The molecular weight excluding hydrogens is 668 g/mol. The fraction of sp³-hybridized carbons (Fsp3) is 0.595. The summed E-state index contributed by atoms with van der Waals surface area (Å²) < 4.78 is 35.4. The van der Waals surface area contributed by atoms with Crippen molar-refractivity contribution in [2.24, 2.45) is 22.7 Å². The molecule has 276 valence electrons. The van der Waals surface area contributed by atoms with Crippen LogP contribution in [0.15, 0.2) is 41.5 Å². The Bertz CT molecular complexity index is 1700. The SMILES string of the molecule is CC(=O)OCC(=O)O[C@@H]1[C@H]2[C@@H](OC(=O)c3ccccc3)[C@@H](C)C[C@]2(O)[C@H](OC(C)=O)[C@@]2(C)C3=C(C[C@]1(OC(C)=O)[C@H]2OC(C)=O)C(=O)C(C)(C)C3. The summed E-state index contributed by atoms with van der Waals surface area (Å²) in [7, 11) is 0. The number of rotatable bonds is 8. The van der Waals surface area contributed by atoms with E-state index < -0.39 is 107 Å². The van der Waals surface area contributed by atoms with Crippen molar-refractivity contribution in [3.63, 3.8) is 0 Å². The van der Waals surface area contributed by atoms with Gasteiger partial charge in [0.15, 0.2) is 30.2 Å². The molecule has 4 aliphatic carbocycles. The molecule has 5 rings (SSSR count). The molecule has 1 N–H and O–H groups in total. The highest BCUT2D eigenvalue weighted by Crippen LogP contribution is 2.67. The molecule has 0 radical (unpaired) electrons. The molecule has 51 heavy (non-hydrogen) atoms. The molecule has 14 heteroatoms. The number of fused-ring (bicyclic) bond motifs is 4. The van der Waals surface area contributed by atoms with Crippen LogP contribution in [0.3, 0.4) is 0 Å². The molecule has 0 saturated heterocycles. The maximum Gasteiger partial charge on any atom is 0.344 e. The number of esters is 6. The second kappa shape index (κ2) is 13.2. The first kappa shape index (κ1) is 37.7. The minimum atomic E-state index is -2.28. The van der Waals surface area contributed by atoms with Crippen LogP contribution in [0.1, 0.15) is 85.0 Å². The molecule has 0 unspecified atom stereocenters. The zero-order chi connectivity index (χ0) is 37.8. The van der Waals surface area contributed by atoms with Crippen molar-refractivity contribution in [1.82, 2.24) is 0 Å². The quantitative estimate of drug-likeness (QED) is 0.305. The Morgan fingerprint density at radius 2 is 1.41 bits per heavy atom. The number of hydrogen-bond donors (Lipinski definition) is 1. The topological polar surface area (TPSA) is 195 Å². The van der Waals surface area contributed by atoms with E-state index in [4.69, 9.17) is 28.4 Å². The number of ketones is 1. The van der Waals surface area contributed by atoms with Gasteiger partial charge in [0.1, 0.15) is 17.8 Å². The Kier molecular flexibility index (Phi) is 9.74. The van der Waals surface area contributed by atoms with Crippen LogP contribution in [-0.4, -0.2) is 88.9 Å². The van der Waals surface area contributed by atoms with E-state index in [1.807, 2.05) is 0 Å². The van der Waals surface area contributed by atoms with Gasteiger partial charge in [-0.05, 0) is 43.4 Å². The number of hydrogen-bond acceptors (Lipinski definition) is 14. The summed E-state index contributed by atoms with van der Waals surface area (Å²) in [6.45, 7) is 10.1. The summed E-state index contributed by atoms with van der Waals surface area (Å²) in [5.74, 6) is -7.95. The maximum atomic E-state index is 14.2. The molecule has 14 nitrogen and oxygen atoms in total. The number of carbonyl (C=O) groups excluding carboxylic acids is 7. The van der Waals surface area contributed by atoms with Crippen molar-refractivity contribution >= 4 is 41.6 Å². The van der Waals surface area contributed by atoms with Crippen LogP contribution in [0, 0.1) is 22.7 Å². The third kappa shape index (κ3) is 6.31. The van der Waals surface area contributed by atoms with E-state index in [1.165, 1.54) is 12.1 Å². The van der Waals surface area contributed by atoms with Gasteiger partial charge in [-0.15, -0.1) is 0 Å². The molecule has 0 amide bonds. The van der Waals surface area contributed by atoms with Gasteiger partial charge in [0, 0.05) is 45.1 Å². The van der Waals surface area contributed by atoms with Crippen LogP contribution in [0.5, 0.6) is 0 Å². The lowest BCUT2D eigenvalue weighted by atomic mass is 9.59. The first-order valence-electron chi connectivity index (χ1n) is 16.8. The normalized spacial score (nSPS) is 34.6. The molecule has 0 heterocycles. The van der Waals surface area contributed by atoms with E-state index in [1.54, 1.807) is 45.9 Å². The van der Waals surface area contributed by atoms with Crippen molar-refractivity contribution in [2.75, 3.05) is 6.61 Å². The zero-order valence-electron chi connectivity index (χ0n) is 29.9. The van der Waals surface area contributed by atoms with Gasteiger partial charge in [0.25, 0.3) is 0 Å². The van der Waals surface area contributed by atoms with E-state index in [-0.39, 0.29) is 29.8 Å². The summed E-state index contributed by atoms with van der Waals surface area (Å²) in [6, 6.07) is 8.00. The first-order valence-corrected chi connectivity index (χ1v) is 16.8. The van der Waals surface area contributed by atoms with Crippen LogP contribution in [0.25, 0.3) is 0 Å². The van der Waals surface area contributed by atoms with Gasteiger partial charge in [-0.3, -0.25) is 24.0 Å². The van der Waals surface area contributed by atoms with E-state index in [9.17, 15) is 38.7 Å². The average Bonchev–Trinajstić information content (AvgIpc) is 3.41. The van der Waals surface area contributed by atoms with Crippen LogP contribution < -0.4 is 0 Å². The predicted molar refractivity (Wildman–Crippen MR) is 173 cm³/mol. The molecule has 1 aromatic rings. The van der Waals surface area contributed by atoms with Crippen LogP contribution in [0.4, 0.5) is 0 Å². The summed E-state index contributed by atoms with van der Waals surface area (Å²) in [4.78, 5) is 92.4. The lowest BCUT2D eigenvalue weighted by Crippen LogP contribution is -2.67. The van der Waals surface area contributed by atoms with Gasteiger partial charge in [-0.2, -0.15) is 0 Å². The third-order valence-corrected chi connectivity index (χ3v) is 10.7. The molecule has 9 atom stereocenters. The second-order valence-corrected chi connectivity index (χ2v) is 15.0. The van der Waals surface area contributed by atoms with Crippen molar-refractivity contribution in [3.05, 3.63) is 47.0 Å². The average molecular weight is 713 g/mol. The molecule has 2 fully saturated rings. The Balaban J connectivity index is 1.86. The maximum absolute atomic E-state index is 14.2. The third-order valence-electron chi connectivity index (χ3n) is 10.7. The highest BCUT2D eigenvalue weighted by Gasteiger charge is 2.80. The summed E-state index contributed by atoms with van der Waals surface area (Å²) in [5.41, 5.74) is -6.58. The van der Waals surface area contributed by atoms with Crippen molar-refractivity contribution in [1.29, 1.82) is 0 Å². The van der Waals surface area contributed by atoms with Gasteiger partial charge in [0.2, 0.25) is 0 Å². The molecule has 4 aliphatic rings. The van der Waals surface area contributed by atoms with E-state index >= 15 is 0 Å². The Labute approximate surface area is 295 Å². The predicted octanol–water partition coefficient (Wildman–Crippen LogP) is 2.96. The van der Waals surface area contributed by atoms with Gasteiger partial charge in [0.05, 0.1) is 16.9 Å². The molecule has 1 aromatic carbocycles. The number of Topliss-reactive ketones (excluding diaryl/α,β-unsaturated/α-hetero) is 1. The minimum Gasteiger partial charge on any atom is -0.458 e. The van der Waals surface area contributed by atoms with Gasteiger partial charge in [-0.1, -0.05) is 39.0 Å². The van der Waals surface area contributed by atoms with Crippen LogP contribution in [0.2, 0.25) is 0 Å². The highest BCUT2D eigenvalue weighted by atomic mass is 16.6. The van der Waals surface area contributed by atoms with Crippen LogP contribution in [-0.2, 0) is 57.2 Å². The standard InChI is InChI=1S/C37H44O14/c1-18-14-36(45)27(28(18)50-31(44)23-12-10-9-11-13-23)30(49-26(42)17-46-19(2)38)37(51-22(5)41)15-24-25(16-34(6,7)29(24)43)35(8,32(36)47-20(3)39)33(37)48-21(4)40/h9-13,18,27-28,30,32-33,45H,14-17H2,1-8H3/t18-,27+,28-,30+,32+,33-,35+,36+,37+/m0/s1. The first-order chi connectivity index (χ1) is 23.7. The molecule has 2 saturated carbocycles. The fourth-order valence-electron chi connectivity index (χ4n) is 9.06. The van der Waals surface area contributed by atoms with Crippen LogP contribution >= 0.6 is 0 Å². The lowest BCUT2D eigenvalue weighted by Gasteiger charge is -2.54. The number of benzene rings is 1. The summed E-state index contributed by atoms with van der Waals surface area (Å²) >= 11 is 0. The zero-order valence-corrected chi connectivity index (χ0v) is 29.9. The monoisotopic (exact) mass is 712 g/mol. The number of ether oxygens (including phenoxy) is 6. The largest absolute Gasteiger partial charge is 0.458 e. The van der Waals surface area contributed by atoms with E-state index in [0.29, 0.717) is 5.57 Å². The summed E-state index contributed by atoms with van der Waals surface area (Å²) in [6.07, 6.45) is -6.99. The van der Waals surface area contributed by atoms with Gasteiger partial charge >= 0.3 is 35.8 Å². The minimum absolute atomic E-state index is 0.100. The molecule has 0 spiro atoms. The molecule has 0 aromatic heterocycles. The Morgan fingerprint density at radius 3 is 1.98 bits per heavy atom. The van der Waals surface area contributed by atoms with Crippen molar-refractivity contribution < 1.29 is 67.1 Å². The lowest BCUT2D eigenvalue weighted by molar-refractivity contribution is -0.239. The second-order valence-electron chi connectivity index (χ2n) is 15.0. The number of carbonyl (C=O) groups is 7.